The Morgan fingerprint density at radius 1 is 1.08 bits per heavy atom. The van der Waals surface area contributed by atoms with Gasteiger partial charge in [0.15, 0.2) is 17.2 Å². The van der Waals surface area contributed by atoms with Gasteiger partial charge in [-0.1, -0.05) is 48.6 Å². The number of aromatic hydroxyl groups is 1. The number of hydrogen-bond donors (Lipinski definition) is 5. The first-order chi connectivity index (χ1) is 18.0. The molecule has 5 rings (SSSR count). The van der Waals surface area contributed by atoms with E-state index in [9.17, 15) is 34.8 Å². The lowest BCUT2D eigenvalue weighted by Gasteiger charge is -2.53. The number of nitrogens with zero attached hydrogens (tertiary/aromatic N) is 1. The molecule has 3 aliphatic rings. The zero-order valence-corrected chi connectivity index (χ0v) is 21.0. The van der Waals surface area contributed by atoms with E-state index in [1.807, 2.05) is 42.5 Å². The molecule has 0 aromatic heterocycles. The van der Waals surface area contributed by atoms with E-state index in [1.54, 1.807) is 25.1 Å². The Kier molecular flexibility index (Phi) is 6.25. The average molecular weight is 519 g/mol. The molecule has 1 amide bonds. The molecule has 1 saturated carbocycles. The fourth-order valence-corrected chi connectivity index (χ4v) is 6.54. The summed E-state index contributed by atoms with van der Waals surface area (Å²) in [6, 6.07) is 11.8. The second-order valence-electron chi connectivity index (χ2n) is 10.6. The van der Waals surface area contributed by atoms with E-state index in [-0.39, 0.29) is 29.7 Å². The molecule has 2 unspecified atom stereocenters. The van der Waals surface area contributed by atoms with Gasteiger partial charge in [0.25, 0.3) is 0 Å². The highest BCUT2D eigenvalue weighted by Crippen LogP contribution is 2.52. The summed E-state index contributed by atoms with van der Waals surface area (Å²) in [6.45, 7) is 0. The highest BCUT2D eigenvalue weighted by atomic mass is 16.3. The fourth-order valence-electron chi connectivity index (χ4n) is 6.54. The third-order valence-corrected chi connectivity index (χ3v) is 8.27. The molecule has 1 fully saturated rings. The molecule has 2 aromatic rings. The summed E-state index contributed by atoms with van der Waals surface area (Å²) < 4.78 is 0. The number of aliphatic hydroxyl groups excluding tert-OH is 2. The van der Waals surface area contributed by atoms with E-state index in [2.05, 4.69) is 0 Å². The number of carbonyl (C=O) groups is 3. The van der Waals surface area contributed by atoms with Gasteiger partial charge in [0.1, 0.15) is 17.4 Å². The minimum absolute atomic E-state index is 0.000958. The molecule has 9 heteroatoms. The van der Waals surface area contributed by atoms with E-state index in [0.717, 1.165) is 5.56 Å². The van der Waals surface area contributed by atoms with E-state index in [4.69, 9.17) is 5.73 Å². The van der Waals surface area contributed by atoms with Gasteiger partial charge in [-0.2, -0.15) is 0 Å². The molecule has 38 heavy (non-hydrogen) atoms. The number of carbonyl (C=O) groups excluding carboxylic acids is 3. The van der Waals surface area contributed by atoms with Crippen LogP contribution < -0.4 is 5.73 Å². The summed E-state index contributed by atoms with van der Waals surface area (Å²) >= 11 is 0. The predicted molar refractivity (Wildman–Crippen MR) is 139 cm³/mol. The van der Waals surface area contributed by atoms with Gasteiger partial charge in [0.05, 0.1) is 11.7 Å². The van der Waals surface area contributed by atoms with Crippen molar-refractivity contribution in [3.8, 4) is 5.75 Å². The predicted octanol–water partition coefficient (Wildman–Crippen LogP) is 1.46. The van der Waals surface area contributed by atoms with E-state index >= 15 is 0 Å². The van der Waals surface area contributed by atoms with Crippen molar-refractivity contribution in [1.29, 1.82) is 0 Å². The molecule has 9 nitrogen and oxygen atoms in total. The lowest BCUT2D eigenvalue weighted by molar-refractivity contribution is -0.178. The monoisotopic (exact) mass is 518 g/mol. The van der Waals surface area contributed by atoms with Gasteiger partial charge in [-0.05, 0) is 55.6 Å². The number of fused-ring (bicyclic) bond motifs is 3. The van der Waals surface area contributed by atoms with Crippen LogP contribution >= 0.6 is 0 Å². The van der Waals surface area contributed by atoms with Crippen molar-refractivity contribution in [3.05, 3.63) is 76.1 Å². The number of rotatable bonds is 4. The van der Waals surface area contributed by atoms with Gasteiger partial charge in [-0.3, -0.25) is 14.4 Å². The summed E-state index contributed by atoms with van der Waals surface area (Å²) in [7, 11) is 3.26. The second-order valence-corrected chi connectivity index (χ2v) is 10.6. The third-order valence-electron chi connectivity index (χ3n) is 8.27. The van der Waals surface area contributed by atoms with Crippen molar-refractivity contribution in [2.45, 2.75) is 30.6 Å². The molecule has 2 aromatic carbocycles. The SMILES string of the molecule is CN(C)[C@@H]1C(O)C(C(N)=O)C(=O)[C@@]2(O)C(O)=C3C(=O)c4c(O)ccc(/C=C/c5ccccc5)c4C[C@H]3C[C@@H]12. The van der Waals surface area contributed by atoms with E-state index in [0.29, 0.717) is 11.1 Å². The van der Waals surface area contributed by atoms with Gasteiger partial charge in [-0.15, -0.1) is 0 Å². The Balaban J connectivity index is 1.65. The van der Waals surface area contributed by atoms with Gasteiger partial charge in [0.2, 0.25) is 5.91 Å². The molecule has 3 aliphatic carbocycles. The number of phenols is 1. The van der Waals surface area contributed by atoms with Crippen molar-refractivity contribution in [3.63, 3.8) is 0 Å². The molecule has 198 valence electrons. The molecule has 6 atom stereocenters. The summed E-state index contributed by atoms with van der Waals surface area (Å²) in [5.74, 6) is -7.45. The molecule has 0 radical (unpaired) electrons. The maximum absolute atomic E-state index is 13.8. The van der Waals surface area contributed by atoms with Crippen molar-refractivity contribution in [2.75, 3.05) is 14.1 Å². The Labute approximate surface area is 219 Å². The maximum Gasteiger partial charge on any atom is 0.230 e. The number of allylic oxidation sites excluding steroid dienone is 1. The van der Waals surface area contributed by atoms with Crippen LogP contribution in [0.15, 0.2) is 53.8 Å². The minimum atomic E-state index is -2.59. The molecular formula is C29H30N2O7. The molecule has 0 bridgehead atoms. The molecule has 0 saturated heterocycles. The largest absolute Gasteiger partial charge is 0.508 e. The minimum Gasteiger partial charge on any atom is -0.508 e. The standard InChI is InChI=1S/C29H30N2O7/c1-31(2)23-18-13-16-12-17-15(9-8-14-6-4-3-5-7-14)10-11-19(32)21(17)24(33)20(16)26(35)29(18,38)27(36)22(25(23)34)28(30)37/h3-11,16,18,22-23,25,32,34-35,38H,12-13H2,1-2H3,(H2,30,37)/b9-8+/t16-,18-,22?,23-,25?,29-/m0/s1. The molecule has 0 heterocycles. The van der Waals surface area contributed by atoms with Crippen molar-refractivity contribution in [2.24, 2.45) is 23.5 Å². The van der Waals surface area contributed by atoms with Crippen LogP contribution in [0.3, 0.4) is 0 Å². The summed E-state index contributed by atoms with van der Waals surface area (Å²) in [6.07, 6.45) is 2.56. The number of phenolic OH excluding ortho intramolecular Hbond substituents is 1. The van der Waals surface area contributed by atoms with Gasteiger partial charge in [-0.25, -0.2) is 0 Å². The molecule has 6 N–H and O–H groups in total. The van der Waals surface area contributed by atoms with Crippen LogP contribution in [0.25, 0.3) is 12.2 Å². The van der Waals surface area contributed by atoms with Crippen LogP contribution in [0.5, 0.6) is 5.75 Å². The van der Waals surface area contributed by atoms with E-state index < -0.39 is 58.7 Å². The van der Waals surface area contributed by atoms with Crippen LogP contribution in [0.2, 0.25) is 0 Å². The Bertz CT molecular complexity index is 1400. The van der Waals surface area contributed by atoms with Crippen LogP contribution in [0.1, 0.15) is 33.5 Å². The van der Waals surface area contributed by atoms with E-state index in [1.165, 1.54) is 6.07 Å². The fraction of sp³-hybridized carbons (Fsp3) is 0.345. The summed E-state index contributed by atoms with van der Waals surface area (Å²) in [5, 5.41) is 44.7. The first-order valence-corrected chi connectivity index (χ1v) is 12.4. The number of Topliss-reactive ketones (excluding diaryl/α,β-unsaturated/α-hetero) is 2. The Hall–Kier alpha value is -3.79. The number of primary amides is 1. The average Bonchev–Trinajstić information content (AvgIpc) is 2.86. The topological polar surface area (TPSA) is 161 Å². The lowest BCUT2D eigenvalue weighted by Crippen LogP contribution is -2.71. The van der Waals surface area contributed by atoms with Crippen LogP contribution in [-0.2, 0) is 16.0 Å². The Morgan fingerprint density at radius 2 is 1.76 bits per heavy atom. The number of hydrogen-bond acceptors (Lipinski definition) is 8. The zero-order chi connectivity index (χ0) is 27.5. The van der Waals surface area contributed by atoms with Crippen molar-refractivity contribution in [1.82, 2.24) is 4.90 Å². The highest BCUT2D eigenvalue weighted by molar-refractivity contribution is 6.16. The molecule has 0 aliphatic heterocycles. The first kappa shape index (κ1) is 25.8. The quantitative estimate of drug-likeness (QED) is 0.300. The van der Waals surface area contributed by atoms with Crippen LogP contribution in [-0.4, -0.2) is 74.6 Å². The van der Waals surface area contributed by atoms with Gasteiger partial charge >= 0.3 is 0 Å². The van der Waals surface area contributed by atoms with Crippen molar-refractivity contribution < 1.29 is 34.8 Å². The number of aliphatic hydroxyl groups is 3. The maximum atomic E-state index is 13.8. The molecular weight excluding hydrogens is 488 g/mol. The third kappa shape index (κ3) is 3.69. The number of nitrogens with two attached hydrogens (primary N) is 1. The Morgan fingerprint density at radius 3 is 2.39 bits per heavy atom. The first-order valence-electron chi connectivity index (χ1n) is 12.4. The number of amides is 1. The summed E-state index contributed by atoms with van der Waals surface area (Å²) in [5.41, 5.74) is 4.91. The number of likely N-dealkylation sites (N-methyl/N-ethyl adjacent to an activating group) is 1. The lowest BCUT2D eigenvalue weighted by atomic mass is 9.56. The zero-order valence-electron chi connectivity index (χ0n) is 21.0. The highest BCUT2D eigenvalue weighted by Gasteiger charge is 2.66. The molecule has 0 spiro atoms. The van der Waals surface area contributed by atoms with Gasteiger partial charge in [0, 0.05) is 17.5 Å². The van der Waals surface area contributed by atoms with Crippen molar-refractivity contribution >= 4 is 29.6 Å². The normalized spacial score (nSPS) is 30.8. The van der Waals surface area contributed by atoms with Gasteiger partial charge < -0.3 is 31.1 Å². The van der Waals surface area contributed by atoms with Crippen LogP contribution in [0.4, 0.5) is 0 Å². The number of benzene rings is 2. The van der Waals surface area contributed by atoms with Crippen LogP contribution in [0, 0.1) is 17.8 Å². The summed E-state index contributed by atoms with van der Waals surface area (Å²) in [4.78, 5) is 40.9. The number of ketones is 2. The smallest absolute Gasteiger partial charge is 0.230 e. The second kappa shape index (κ2) is 9.20.